The van der Waals surface area contributed by atoms with Crippen molar-refractivity contribution in [1.82, 2.24) is 15.3 Å². The molecule has 3 fully saturated rings. The highest BCUT2D eigenvalue weighted by molar-refractivity contribution is 5.93. The summed E-state index contributed by atoms with van der Waals surface area (Å²) in [6.07, 6.45) is 5.02. The van der Waals surface area contributed by atoms with Crippen molar-refractivity contribution in [3.05, 3.63) is 30.5 Å². The number of aromatic nitrogens is 2. The summed E-state index contributed by atoms with van der Waals surface area (Å²) < 4.78 is 0. The number of nitrogens with zero attached hydrogens (tertiary/aromatic N) is 2. The number of carbonyl (C=O) groups excluding carboxylic acids is 1. The van der Waals surface area contributed by atoms with E-state index in [2.05, 4.69) is 20.6 Å². The molecular weight excluding hydrogens is 264 g/mol. The van der Waals surface area contributed by atoms with E-state index in [1.165, 1.54) is 6.42 Å². The van der Waals surface area contributed by atoms with Gasteiger partial charge in [-0.25, -0.2) is 9.97 Å². The van der Waals surface area contributed by atoms with Gasteiger partial charge in [-0.3, -0.25) is 4.79 Å². The van der Waals surface area contributed by atoms with Crippen molar-refractivity contribution in [2.24, 2.45) is 11.8 Å². The summed E-state index contributed by atoms with van der Waals surface area (Å²) in [5.74, 6) is 1.29. The summed E-state index contributed by atoms with van der Waals surface area (Å²) in [5.41, 5.74) is 0.669. The molecule has 1 saturated carbocycles. The highest BCUT2D eigenvalue weighted by Gasteiger charge is 2.39. The van der Waals surface area contributed by atoms with E-state index in [1.54, 1.807) is 6.20 Å². The lowest BCUT2D eigenvalue weighted by atomic mass is 9.73. The number of pyridine rings is 2. The molecule has 0 aromatic carbocycles. The number of hydrogen-bond donors (Lipinski definition) is 2. The second kappa shape index (κ2) is 5.07. The molecule has 2 N–H and O–H groups in total. The predicted octanol–water partition coefficient (Wildman–Crippen LogP) is 1.96. The third-order valence-electron chi connectivity index (χ3n) is 4.71. The van der Waals surface area contributed by atoms with Gasteiger partial charge in [-0.05, 0) is 56.0 Å². The Labute approximate surface area is 123 Å². The molecule has 21 heavy (non-hydrogen) atoms. The number of amides is 1. The van der Waals surface area contributed by atoms with E-state index >= 15 is 0 Å². The molecule has 4 heterocycles. The minimum absolute atomic E-state index is 0.106. The maximum absolute atomic E-state index is 12.5. The molecule has 3 aliphatic rings. The van der Waals surface area contributed by atoms with Crippen LogP contribution in [-0.2, 0) is 4.79 Å². The molecule has 108 valence electrons. The molecule has 5 rings (SSSR count). The first-order chi connectivity index (χ1) is 10.3. The smallest absolute Gasteiger partial charge is 0.229 e. The topological polar surface area (TPSA) is 66.9 Å². The van der Waals surface area contributed by atoms with E-state index in [0.29, 0.717) is 23.4 Å². The van der Waals surface area contributed by atoms with Crippen LogP contribution in [0.25, 0.3) is 11.0 Å². The first-order valence-electron chi connectivity index (χ1n) is 7.55. The van der Waals surface area contributed by atoms with Crippen LogP contribution in [0.5, 0.6) is 0 Å². The van der Waals surface area contributed by atoms with Gasteiger partial charge in [0.1, 0.15) is 5.82 Å². The van der Waals surface area contributed by atoms with Gasteiger partial charge in [0.15, 0.2) is 5.65 Å². The lowest BCUT2D eigenvalue weighted by Crippen LogP contribution is -2.52. The van der Waals surface area contributed by atoms with Crippen LogP contribution in [0.15, 0.2) is 30.5 Å². The molecule has 1 amide bonds. The number of hydrogen-bond acceptors (Lipinski definition) is 4. The normalized spacial score (nSPS) is 27.7. The van der Waals surface area contributed by atoms with Crippen molar-refractivity contribution in [3.63, 3.8) is 0 Å². The zero-order valence-corrected chi connectivity index (χ0v) is 11.7. The third kappa shape index (κ3) is 2.38. The van der Waals surface area contributed by atoms with Crippen molar-refractivity contribution in [3.8, 4) is 0 Å². The van der Waals surface area contributed by atoms with Crippen molar-refractivity contribution in [1.29, 1.82) is 0 Å². The summed E-state index contributed by atoms with van der Waals surface area (Å²) in [5, 5.41) is 7.44. The molecule has 5 nitrogen and oxygen atoms in total. The quantitative estimate of drug-likeness (QED) is 0.883. The van der Waals surface area contributed by atoms with Crippen molar-refractivity contribution < 1.29 is 4.79 Å². The van der Waals surface area contributed by atoms with Crippen LogP contribution in [0, 0.1) is 11.8 Å². The summed E-state index contributed by atoms with van der Waals surface area (Å²) in [6.45, 7) is 0.968. The van der Waals surface area contributed by atoms with Crippen molar-refractivity contribution >= 4 is 22.8 Å². The maximum Gasteiger partial charge on any atom is 0.229 e. The monoisotopic (exact) mass is 282 g/mol. The van der Waals surface area contributed by atoms with Gasteiger partial charge < -0.3 is 10.6 Å². The highest BCUT2D eigenvalue weighted by Crippen LogP contribution is 2.34. The number of nitrogens with one attached hydrogen (secondary N) is 2. The van der Waals surface area contributed by atoms with Gasteiger partial charge in [0.05, 0.1) is 0 Å². The molecule has 1 aliphatic carbocycles. The lowest BCUT2D eigenvalue weighted by Gasteiger charge is -2.42. The molecule has 2 bridgehead atoms. The van der Waals surface area contributed by atoms with E-state index in [0.717, 1.165) is 24.8 Å². The van der Waals surface area contributed by atoms with E-state index < -0.39 is 0 Å². The Morgan fingerprint density at radius 3 is 3.00 bits per heavy atom. The Morgan fingerprint density at radius 2 is 2.24 bits per heavy atom. The molecule has 0 spiro atoms. The molecule has 2 saturated heterocycles. The molecule has 5 heteroatoms. The molecule has 0 radical (unpaired) electrons. The Balaban J connectivity index is 1.52. The number of anilines is 1. The zero-order valence-electron chi connectivity index (χ0n) is 11.7. The predicted molar refractivity (Wildman–Crippen MR) is 80.8 cm³/mol. The van der Waals surface area contributed by atoms with Crippen LogP contribution in [0.3, 0.4) is 0 Å². The third-order valence-corrected chi connectivity index (χ3v) is 4.71. The molecule has 2 aromatic heterocycles. The average Bonchev–Trinajstić information content (AvgIpc) is 2.56. The molecular formula is C16H18N4O. The maximum atomic E-state index is 12.5. The Hall–Kier alpha value is -2.01. The SMILES string of the molecule is O=C(Nc1ccc2cccnc2n1)C1CC2CCC1CN2. The van der Waals surface area contributed by atoms with Crippen LogP contribution < -0.4 is 10.6 Å². The largest absolute Gasteiger partial charge is 0.314 e. The number of rotatable bonds is 2. The van der Waals surface area contributed by atoms with E-state index in [-0.39, 0.29) is 11.8 Å². The van der Waals surface area contributed by atoms with Gasteiger partial charge >= 0.3 is 0 Å². The summed E-state index contributed by atoms with van der Waals surface area (Å²) in [6, 6.07) is 8.15. The lowest BCUT2D eigenvalue weighted by molar-refractivity contribution is -0.124. The second-order valence-corrected chi connectivity index (χ2v) is 6.02. The minimum Gasteiger partial charge on any atom is -0.314 e. The van der Waals surface area contributed by atoms with Crippen LogP contribution in [0.1, 0.15) is 19.3 Å². The second-order valence-electron chi connectivity index (χ2n) is 6.02. The van der Waals surface area contributed by atoms with Gasteiger partial charge in [0.25, 0.3) is 0 Å². The minimum atomic E-state index is 0.106. The van der Waals surface area contributed by atoms with Gasteiger partial charge in [0.2, 0.25) is 5.91 Å². The fraction of sp³-hybridized carbons (Fsp3) is 0.438. The van der Waals surface area contributed by atoms with E-state index in [1.807, 2.05) is 24.3 Å². The first-order valence-corrected chi connectivity index (χ1v) is 7.55. The highest BCUT2D eigenvalue weighted by atomic mass is 16.2. The zero-order chi connectivity index (χ0) is 14.2. The Bertz CT molecular complexity index is 679. The van der Waals surface area contributed by atoms with Gasteiger partial charge in [0, 0.05) is 23.5 Å². The van der Waals surface area contributed by atoms with Crippen molar-refractivity contribution in [2.75, 3.05) is 11.9 Å². The Morgan fingerprint density at radius 1 is 1.29 bits per heavy atom. The summed E-state index contributed by atoms with van der Waals surface area (Å²) in [4.78, 5) is 21.1. The van der Waals surface area contributed by atoms with E-state index in [9.17, 15) is 4.79 Å². The number of piperidine rings is 2. The average molecular weight is 282 g/mol. The van der Waals surface area contributed by atoms with Crippen LogP contribution in [0.4, 0.5) is 5.82 Å². The molecule has 3 atom stereocenters. The van der Waals surface area contributed by atoms with Crippen LogP contribution in [0.2, 0.25) is 0 Å². The molecule has 2 aliphatic heterocycles. The van der Waals surface area contributed by atoms with Crippen molar-refractivity contribution in [2.45, 2.75) is 25.3 Å². The van der Waals surface area contributed by atoms with Crippen LogP contribution >= 0.6 is 0 Å². The first kappa shape index (κ1) is 12.7. The summed E-state index contributed by atoms with van der Waals surface area (Å²) >= 11 is 0. The number of fused-ring (bicyclic) bond motifs is 4. The standard InChI is InChI=1S/C16H18N4O/c21-16(13-8-12-5-3-11(13)9-18-12)20-14-6-4-10-2-1-7-17-15(10)19-14/h1-2,4,6-7,11-13,18H,3,5,8-9H2,(H,17,19,20,21). The molecule has 3 unspecified atom stereocenters. The summed E-state index contributed by atoms with van der Waals surface area (Å²) in [7, 11) is 0. The number of carbonyl (C=O) groups is 1. The van der Waals surface area contributed by atoms with Gasteiger partial charge in [-0.15, -0.1) is 0 Å². The fourth-order valence-electron chi connectivity index (χ4n) is 3.54. The Kier molecular flexibility index (Phi) is 3.07. The molecule has 2 aromatic rings. The van der Waals surface area contributed by atoms with Crippen LogP contribution in [-0.4, -0.2) is 28.5 Å². The fourth-order valence-corrected chi connectivity index (χ4v) is 3.54. The van der Waals surface area contributed by atoms with E-state index in [4.69, 9.17) is 0 Å². The van der Waals surface area contributed by atoms with Gasteiger partial charge in [-0.1, -0.05) is 0 Å². The van der Waals surface area contributed by atoms with Gasteiger partial charge in [-0.2, -0.15) is 0 Å².